The molecule has 1 heterocycles. The first kappa shape index (κ1) is 10.8. The maximum atomic E-state index is 8.92. The van der Waals surface area contributed by atoms with Crippen molar-refractivity contribution in [1.29, 1.82) is 5.26 Å². The molecule has 1 atom stereocenters. The van der Waals surface area contributed by atoms with E-state index in [-0.39, 0.29) is 6.10 Å². The molecule has 0 aliphatic carbocycles. The zero-order chi connectivity index (χ0) is 11.4. The molecule has 4 nitrogen and oxygen atoms in total. The van der Waals surface area contributed by atoms with E-state index >= 15 is 0 Å². The highest BCUT2D eigenvalue weighted by Gasteiger charge is 2.19. The molecule has 0 aromatic heterocycles. The van der Waals surface area contributed by atoms with Crippen molar-refractivity contribution in [3.63, 3.8) is 0 Å². The molecule has 4 heteroatoms. The van der Waals surface area contributed by atoms with Crippen LogP contribution in [0.4, 0.5) is 0 Å². The van der Waals surface area contributed by atoms with Gasteiger partial charge in [-0.1, -0.05) is 6.07 Å². The predicted molar refractivity (Wildman–Crippen MR) is 57.6 cm³/mol. The summed E-state index contributed by atoms with van der Waals surface area (Å²) < 4.78 is 16.2. The van der Waals surface area contributed by atoms with Gasteiger partial charge in [0.05, 0.1) is 25.9 Å². The summed E-state index contributed by atoms with van der Waals surface area (Å²) in [6.07, 6.45) is 0.933. The van der Waals surface area contributed by atoms with Crippen molar-refractivity contribution < 1.29 is 14.2 Å². The van der Waals surface area contributed by atoms with Gasteiger partial charge in [-0.15, -0.1) is 0 Å². The van der Waals surface area contributed by atoms with Crippen molar-refractivity contribution in [1.82, 2.24) is 0 Å². The quantitative estimate of drug-likeness (QED) is 0.776. The number of ether oxygens (including phenoxy) is 3. The third-order valence-corrected chi connectivity index (χ3v) is 2.49. The number of nitriles is 1. The van der Waals surface area contributed by atoms with Crippen LogP contribution in [0.15, 0.2) is 18.2 Å². The molecule has 1 aliphatic rings. The van der Waals surface area contributed by atoms with Crippen LogP contribution in [0, 0.1) is 11.3 Å². The molecule has 1 aromatic carbocycles. The van der Waals surface area contributed by atoms with Crippen LogP contribution in [-0.2, 0) is 4.74 Å². The first-order chi connectivity index (χ1) is 7.85. The van der Waals surface area contributed by atoms with E-state index in [0.29, 0.717) is 23.7 Å². The van der Waals surface area contributed by atoms with E-state index in [4.69, 9.17) is 19.5 Å². The smallest absolute Gasteiger partial charge is 0.178 e. The van der Waals surface area contributed by atoms with E-state index in [1.54, 1.807) is 18.2 Å². The average molecular weight is 219 g/mol. The minimum Gasteiger partial charge on any atom is -0.492 e. The molecular weight excluding hydrogens is 206 g/mol. The summed E-state index contributed by atoms with van der Waals surface area (Å²) in [7, 11) is 1.54. The molecule has 0 amide bonds. The zero-order valence-electron chi connectivity index (χ0n) is 9.10. The zero-order valence-corrected chi connectivity index (χ0v) is 9.10. The molecule has 2 rings (SSSR count). The van der Waals surface area contributed by atoms with E-state index in [1.807, 2.05) is 0 Å². The number of hydrogen-bond acceptors (Lipinski definition) is 4. The van der Waals surface area contributed by atoms with Crippen LogP contribution in [0.25, 0.3) is 0 Å². The summed E-state index contributed by atoms with van der Waals surface area (Å²) in [6.45, 7) is 1.32. The molecule has 1 fully saturated rings. The second-order valence-electron chi connectivity index (χ2n) is 3.55. The topological polar surface area (TPSA) is 51.5 Å². The summed E-state index contributed by atoms with van der Waals surface area (Å²) in [5.74, 6) is 1.11. The largest absolute Gasteiger partial charge is 0.492 e. The lowest BCUT2D eigenvalue weighted by Gasteiger charge is -2.15. The van der Waals surface area contributed by atoms with Crippen LogP contribution in [0.5, 0.6) is 11.5 Å². The first-order valence-corrected chi connectivity index (χ1v) is 5.16. The summed E-state index contributed by atoms with van der Waals surface area (Å²) in [4.78, 5) is 0. The molecule has 16 heavy (non-hydrogen) atoms. The molecule has 1 saturated heterocycles. The van der Waals surface area contributed by atoms with Gasteiger partial charge in [0.15, 0.2) is 11.5 Å². The van der Waals surface area contributed by atoms with Gasteiger partial charge in [-0.05, 0) is 12.1 Å². The Morgan fingerprint density at radius 3 is 3.00 bits per heavy atom. The Kier molecular flexibility index (Phi) is 3.28. The third-order valence-electron chi connectivity index (χ3n) is 2.49. The van der Waals surface area contributed by atoms with E-state index in [9.17, 15) is 0 Å². The Balaban J connectivity index is 2.22. The van der Waals surface area contributed by atoms with Gasteiger partial charge in [0.1, 0.15) is 12.2 Å². The number of methoxy groups -OCH3 is 1. The van der Waals surface area contributed by atoms with Gasteiger partial charge in [0.2, 0.25) is 0 Å². The van der Waals surface area contributed by atoms with Crippen molar-refractivity contribution >= 4 is 0 Å². The lowest BCUT2D eigenvalue weighted by Crippen LogP contribution is -2.16. The van der Waals surface area contributed by atoms with Crippen LogP contribution in [0.1, 0.15) is 12.0 Å². The maximum Gasteiger partial charge on any atom is 0.178 e. The lowest BCUT2D eigenvalue weighted by atomic mass is 10.2. The van der Waals surface area contributed by atoms with Gasteiger partial charge in [-0.3, -0.25) is 0 Å². The van der Waals surface area contributed by atoms with Crippen LogP contribution in [-0.4, -0.2) is 26.4 Å². The molecule has 0 N–H and O–H groups in total. The number of rotatable bonds is 3. The summed E-state index contributed by atoms with van der Waals surface area (Å²) >= 11 is 0. The lowest BCUT2D eigenvalue weighted by molar-refractivity contribution is 0.138. The van der Waals surface area contributed by atoms with Gasteiger partial charge in [-0.2, -0.15) is 5.26 Å². The predicted octanol–water partition coefficient (Wildman–Crippen LogP) is 1.73. The van der Waals surface area contributed by atoms with Crippen LogP contribution >= 0.6 is 0 Å². The average Bonchev–Trinajstić information content (AvgIpc) is 2.81. The van der Waals surface area contributed by atoms with Gasteiger partial charge in [-0.25, -0.2) is 0 Å². The van der Waals surface area contributed by atoms with Crippen molar-refractivity contribution in [3.05, 3.63) is 23.8 Å². The Morgan fingerprint density at radius 2 is 2.38 bits per heavy atom. The second-order valence-corrected chi connectivity index (χ2v) is 3.55. The Hall–Kier alpha value is -1.73. The highest BCUT2D eigenvalue weighted by molar-refractivity contribution is 5.52. The minimum absolute atomic E-state index is 0.0582. The highest BCUT2D eigenvalue weighted by atomic mass is 16.6. The molecule has 84 valence electrons. The minimum atomic E-state index is 0.0582. The van der Waals surface area contributed by atoms with Gasteiger partial charge in [0, 0.05) is 6.42 Å². The van der Waals surface area contributed by atoms with E-state index < -0.39 is 0 Å². The van der Waals surface area contributed by atoms with Crippen LogP contribution in [0.3, 0.4) is 0 Å². The summed E-state index contributed by atoms with van der Waals surface area (Å²) in [6, 6.07) is 7.37. The Morgan fingerprint density at radius 1 is 1.50 bits per heavy atom. The maximum absolute atomic E-state index is 8.92. The molecule has 0 saturated carbocycles. The Labute approximate surface area is 94.3 Å². The van der Waals surface area contributed by atoms with Gasteiger partial charge in [0.25, 0.3) is 0 Å². The van der Waals surface area contributed by atoms with Crippen LogP contribution < -0.4 is 9.47 Å². The van der Waals surface area contributed by atoms with Crippen molar-refractivity contribution in [3.8, 4) is 17.6 Å². The molecule has 1 unspecified atom stereocenters. The van der Waals surface area contributed by atoms with Crippen LogP contribution in [0.2, 0.25) is 0 Å². The molecule has 0 bridgehead atoms. The van der Waals surface area contributed by atoms with Gasteiger partial charge >= 0.3 is 0 Å². The summed E-state index contributed by atoms with van der Waals surface area (Å²) in [5.41, 5.74) is 0.485. The number of nitrogens with zero attached hydrogens (tertiary/aromatic N) is 1. The molecule has 1 aliphatic heterocycles. The fourth-order valence-corrected chi connectivity index (χ4v) is 1.69. The van der Waals surface area contributed by atoms with Gasteiger partial charge < -0.3 is 14.2 Å². The summed E-state index contributed by atoms with van der Waals surface area (Å²) in [5, 5.41) is 8.92. The first-order valence-electron chi connectivity index (χ1n) is 5.16. The van der Waals surface area contributed by atoms with Crippen molar-refractivity contribution in [2.24, 2.45) is 0 Å². The number of hydrogen-bond donors (Lipinski definition) is 0. The fraction of sp³-hybridized carbons (Fsp3) is 0.417. The van der Waals surface area contributed by atoms with Crippen molar-refractivity contribution in [2.75, 3.05) is 20.3 Å². The number of benzene rings is 1. The fourth-order valence-electron chi connectivity index (χ4n) is 1.69. The monoisotopic (exact) mass is 219 g/mol. The highest BCUT2D eigenvalue weighted by Crippen LogP contribution is 2.32. The molecular formula is C12H13NO3. The second kappa shape index (κ2) is 4.86. The van der Waals surface area contributed by atoms with E-state index in [1.165, 1.54) is 7.11 Å². The number of para-hydroxylation sites is 1. The molecule has 0 spiro atoms. The third kappa shape index (κ3) is 2.10. The Bertz CT molecular complexity index is 405. The SMILES string of the molecule is COc1c(C#N)cccc1OC1CCOC1. The standard InChI is InChI=1S/C12H13NO3/c1-14-12-9(7-13)3-2-4-11(12)16-10-5-6-15-8-10/h2-4,10H,5-6,8H2,1H3. The normalized spacial score (nSPS) is 19.1. The van der Waals surface area contributed by atoms with E-state index in [0.717, 1.165) is 13.0 Å². The van der Waals surface area contributed by atoms with E-state index in [2.05, 4.69) is 6.07 Å². The molecule has 0 radical (unpaired) electrons. The van der Waals surface area contributed by atoms with Crippen molar-refractivity contribution in [2.45, 2.75) is 12.5 Å². The molecule has 1 aromatic rings.